The van der Waals surface area contributed by atoms with Gasteiger partial charge in [0.2, 0.25) is 5.88 Å². The number of methoxy groups -OCH3 is 1. The summed E-state index contributed by atoms with van der Waals surface area (Å²) in [6.07, 6.45) is 0. The molecule has 0 saturated carbocycles. The highest BCUT2D eigenvalue weighted by atomic mass is 16.5. The minimum absolute atomic E-state index is 0.420. The Labute approximate surface area is 107 Å². The number of hydrogen-bond acceptors (Lipinski definition) is 5. The van der Waals surface area contributed by atoms with Gasteiger partial charge in [0.25, 0.3) is 0 Å². The molecule has 3 rings (SSSR count). The van der Waals surface area contributed by atoms with Gasteiger partial charge in [-0.15, -0.1) is 0 Å². The molecule has 5 nitrogen and oxygen atoms in total. The molecule has 1 aromatic heterocycles. The molecule has 2 atom stereocenters. The lowest BCUT2D eigenvalue weighted by Crippen LogP contribution is -2.41. The van der Waals surface area contributed by atoms with Crippen LogP contribution in [0.2, 0.25) is 0 Å². The summed E-state index contributed by atoms with van der Waals surface area (Å²) < 4.78 is 10.8. The SMILES string of the molecule is CCN1c2nc(OC)ccc2NCC2COCC21. The zero-order chi connectivity index (χ0) is 12.5. The lowest BCUT2D eigenvalue weighted by molar-refractivity contribution is 0.185. The first-order valence-corrected chi connectivity index (χ1v) is 6.46. The minimum Gasteiger partial charge on any atom is -0.481 e. The summed E-state index contributed by atoms with van der Waals surface area (Å²) in [5.74, 6) is 2.17. The van der Waals surface area contributed by atoms with Crippen molar-refractivity contribution in [2.75, 3.05) is 43.6 Å². The maximum Gasteiger partial charge on any atom is 0.215 e. The van der Waals surface area contributed by atoms with Crippen molar-refractivity contribution in [2.45, 2.75) is 13.0 Å². The van der Waals surface area contributed by atoms with Crippen molar-refractivity contribution in [3.8, 4) is 5.88 Å². The number of likely N-dealkylation sites (N-methyl/N-ethyl adjacent to an activating group) is 1. The zero-order valence-electron chi connectivity index (χ0n) is 10.8. The summed E-state index contributed by atoms with van der Waals surface area (Å²) in [5.41, 5.74) is 1.09. The van der Waals surface area contributed by atoms with Gasteiger partial charge in [0, 0.05) is 25.1 Å². The summed E-state index contributed by atoms with van der Waals surface area (Å²) in [5, 5.41) is 3.47. The molecule has 18 heavy (non-hydrogen) atoms. The van der Waals surface area contributed by atoms with Crippen LogP contribution in [0.1, 0.15) is 6.92 Å². The molecule has 0 bridgehead atoms. The molecule has 5 heteroatoms. The van der Waals surface area contributed by atoms with E-state index in [0.717, 1.165) is 37.8 Å². The van der Waals surface area contributed by atoms with Crippen LogP contribution in [0.25, 0.3) is 0 Å². The molecule has 0 aromatic carbocycles. The van der Waals surface area contributed by atoms with Gasteiger partial charge >= 0.3 is 0 Å². The molecule has 1 aromatic rings. The van der Waals surface area contributed by atoms with Gasteiger partial charge in [0.05, 0.1) is 32.1 Å². The van der Waals surface area contributed by atoms with Crippen LogP contribution in [0.3, 0.4) is 0 Å². The minimum atomic E-state index is 0.420. The number of anilines is 2. The van der Waals surface area contributed by atoms with Gasteiger partial charge in [-0.2, -0.15) is 4.98 Å². The average molecular weight is 249 g/mol. The molecule has 1 fully saturated rings. The fraction of sp³-hybridized carbons (Fsp3) is 0.615. The highest BCUT2D eigenvalue weighted by Crippen LogP contribution is 2.34. The van der Waals surface area contributed by atoms with Gasteiger partial charge in [-0.3, -0.25) is 0 Å². The highest BCUT2D eigenvalue weighted by molar-refractivity contribution is 5.68. The van der Waals surface area contributed by atoms with Gasteiger partial charge in [-0.05, 0) is 13.0 Å². The number of nitrogens with zero attached hydrogens (tertiary/aromatic N) is 2. The molecule has 3 heterocycles. The molecule has 0 amide bonds. The Morgan fingerprint density at radius 2 is 2.39 bits per heavy atom. The third-order valence-corrected chi connectivity index (χ3v) is 3.79. The number of hydrogen-bond donors (Lipinski definition) is 1. The lowest BCUT2D eigenvalue weighted by Gasteiger charge is -2.29. The first-order chi connectivity index (χ1) is 8.83. The van der Waals surface area contributed by atoms with Crippen molar-refractivity contribution >= 4 is 11.5 Å². The second kappa shape index (κ2) is 4.65. The molecule has 2 aliphatic heterocycles. The van der Waals surface area contributed by atoms with Crippen molar-refractivity contribution in [3.63, 3.8) is 0 Å². The number of ether oxygens (including phenoxy) is 2. The van der Waals surface area contributed by atoms with Crippen LogP contribution in [0.15, 0.2) is 12.1 Å². The van der Waals surface area contributed by atoms with E-state index in [-0.39, 0.29) is 0 Å². The summed E-state index contributed by atoms with van der Waals surface area (Å²) in [6, 6.07) is 4.37. The van der Waals surface area contributed by atoms with E-state index >= 15 is 0 Å². The van der Waals surface area contributed by atoms with E-state index in [1.165, 1.54) is 0 Å². The Kier molecular flexibility index (Phi) is 2.99. The largest absolute Gasteiger partial charge is 0.481 e. The second-order valence-electron chi connectivity index (χ2n) is 4.76. The first kappa shape index (κ1) is 11.6. The Morgan fingerprint density at radius 3 is 3.17 bits per heavy atom. The van der Waals surface area contributed by atoms with E-state index in [4.69, 9.17) is 9.47 Å². The van der Waals surface area contributed by atoms with Crippen LogP contribution in [-0.4, -0.2) is 44.4 Å². The standard InChI is InChI=1S/C13H19N3O2/c1-3-16-11-8-18-7-9(11)6-14-10-4-5-12(17-2)15-13(10)16/h4-5,9,11,14H,3,6-8H2,1-2H3. The molecule has 0 radical (unpaired) electrons. The van der Waals surface area contributed by atoms with Crippen LogP contribution < -0.4 is 15.0 Å². The summed E-state index contributed by atoms with van der Waals surface area (Å²) in [4.78, 5) is 6.92. The molecular formula is C13H19N3O2. The average Bonchev–Trinajstić information content (AvgIpc) is 2.81. The molecule has 98 valence electrons. The molecular weight excluding hydrogens is 230 g/mol. The van der Waals surface area contributed by atoms with Crippen molar-refractivity contribution in [1.29, 1.82) is 0 Å². The molecule has 2 aliphatic rings. The number of rotatable bonds is 2. The lowest BCUT2D eigenvalue weighted by atomic mass is 10.0. The van der Waals surface area contributed by atoms with E-state index in [9.17, 15) is 0 Å². The smallest absolute Gasteiger partial charge is 0.215 e. The predicted octanol–water partition coefficient (Wildman–Crippen LogP) is 1.36. The highest BCUT2D eigenvalue weighted by Gasteiger charge is 2.36. The van der Waals surface area contributed by atoms with Gasteiger partial charge in [0.15, 0.2) is 5.82 Å². The third kappa shape index (κ3) is 1.79. The quantitative estimate of drug-likeness (QED) is 0.857. The number of fused-ring (bicyclic) bond motifs is 2. The topological polar surface area (TPSA) is 46.6 Å². The van der Waals surface area contributed by atoms with Gasteiger partial charge < -0.3 is 19.7 Å². The molecule has 2 unspecified atom stereocenters. The van der Waals surface area contributed by atoms with Gasteiger partial charge in [0.1, 0.15) is 0 Å². The van der Waals surface area contributed by atoms with Crippen molar-refractivity contribution in [3.05, 3.63) is 12.1 Å². The second-order valence-corrected chi connectivity index (χ2v) is 4.76. The Bertz CT molecular complexity index is 438. The first-order valence-electron chi connectivity index (χ1n) is 6.46. The van der Waals surface area contributed by atoms with Crippen LogP contribution in [0, 0.1) is 5.92 Å². The molecule has 0 aliphatic carbocycles. The fourth-order valence-electron chi connectivity index (χ4n) is 2.81. The summed E-state index contributed by atoms with van der Waals surface area (Å²) in [7, 11) is 1.65. The Balaban J connectivity index is 2.02. The number of nitrogens with one attached hydrogen (secondary N) is 1. The van der Waals surface area contributed by atoms with Gasteiger partial charge in [-0.1, -0.05) is 0 Å². The van der Waals surface area contributed by atoms with Crippen LogP contribution >= 0.6 is 0 Å². The van der Waals surface area contributed by atoms with E-state index < -0.39 is 0 Å². The number of aromatic nitrogens is 1. The van der Waals surface area contributed by atoms with E-state index in [0.29, 0.717) is 17.8 Å². The van der Waals surface area contributed by atoms with Crippen molar-refractivity contribution in [1.82, 2.24) is 4.98 Å². The van der Waals surface area contributed by atoms with Crippen LogP contribution in [0.4, 0.5) is 11.5 Å². The predicted molar refractivity (Wildman–Crippen MR) is 70.4 cm³/mol. The van der Waals surface area contributed by atoms with E-state index in [1.54, 1.807) is 7.11 Å². The van der Waals surface area contributed by atoms with Gasteiger partial charge in [-0.25, -0.2) is 0 Å². The summed E-state index contributed by atoms with van der Waals surface area (Å²) in [6.45, 7) is 5.66. The number of pyridine rings is 1. The Morgan fingerprint density at radius 1 is 1.50 bits per heavy atom. The van der Waals surface area contributed by atoms with Crippen molar-refractivity contribution in [2.24, 2.45) is 5.92 Å². The Hall–Kier alpha value is -1.49. The maximum atomic E-state index is 5.61. The fourth-order valence-corrected chi connectivity index (χ4v) is 2.81. The van der Waals surface area contributed by atoms with Crippen molar-refractivity contribution < 1.29 is 9.47 Å². The van der Waals surface area contributed by atoms with E-state index in [2.05, 4.69) is 22.1 Å². The maximum absolute atomic E-state index is 5.61. The molecule has 1 saturated heterocycles. The molecule has 1 N–H and O–H groups in total. The third-order valence-electron chi connectivity index (χ3n) is 3.79. The molecule has 0 spiro atoms. The zero-order valence-corrected chi connectivity index (χ0v) is 10.8. The normalized spacial score (nSPS) is 26.0. The monoisotopic (exact) mass is 249 g/mol. The summed E-state index contributed by atoms with van der Waals surface area (Å²) >= 11 is 0. The van der Waals surface area contributed by atoms with E-state index in [1.807, 2.05) is 12.1 Å². The van der Waals surface area contributed by atoms with Crippen LogP contribution in [-0.2, 0) is 4.74 Å². The van der Waals surface area contributed by atoms with Crippen LogP contribution in [0.5, 0.6) is 5.88 Å².